The summed E-state index contributed by atoms with van der Waals surface area (Å²) in [5.41, 5.74) is -1.12. The lowest BCUT2D eigenvalue weighted by molar-refractivity contribution is -0.141. The van der Waals surface area contributed by atoms with E-state index in [1.165, 1.54) is 0 Å². The van der Waals surface area contributed by atoms with Crippen molar-refractivity contribution in [3.8, 4) is 0 Å². The van der Waals surface area contributed by atoms with Crippen molar-refractivity contribution in [1.82, 2.24) is 14.9 Å². The summed E-state index contributed by atoms with van der Waals surface area (Å²) in [6, 6.07) is 0. The number of nitrogens with one attached hydrogen (secondary N) is 1. The molecule has 0 radical (unpaired) electrons. The topological polar surface area (TPSA) is 46.9 Å². The molecular formula is C12H14F3N3O. The summed E-state index contributed by atoms with van der Waals surface area (Å²) in [7, 11) is 0. The average Bonchev–Trinajstić information content (AvgIpc) is 2.20. The molecule has 2 fully saturated rings. The molecule has 1 aromatic rings. The van der Waals surface area contributed by atoms with Crippen LogP contribution in [0.2, 0.25) is 0 Å². The van der Waals surface area contributed by atoms with E-state index in [1.807, 2.05) is 0 Å². The van der Waals surface area contributed by atoms with E-state index in [-0.39, 0.29) is 0 Å². The van der Waals surface area contributed by atoms with Gasteiger partial charge in [-0.05, 0) is 24.2 Å². The summed E-state index contributed by atoms with van der Waals surface area (Å²) in [5.74, 6) is 0.295. The van der Waals surface area contributed by atoms with Crippen LogP contribution in [0, 0.1) is 11.3 Å². The fraction of sp³-hybridized carbons (Fsp3) is 0.667. The first-order valence-corrected chi connectivity index (χ1v) is 6.22. The lowest BCUT2D eigenvalue weighted by Gasteiger charge is -2.54. The van der Waals surface area contributed by atoms with Crippen LogP contribution in [0.5, 0.6) is 0 Å². The van der Waals surface area contributed by atoms with Crippen LogP contribution in [0.1, 0.15) is 18.5 Å². The molecule has 1 saturated heterocycles. The van der Waals surface area contributed by atoms with Crippen molar-refractivity contribution in [3.63, 3.8) is 0 Å². The Morgan fingerprint density at radius 3 is 2.63 bits per heavy atom. The Bertz CT molecular complexity index is 540. The highest BCUT2D eigenvalue weighted by molar-refractivity contribution is 5.05. The Kier molecular flexibility index (Phi) is 2.70. The second-order valence-electron chi connectivity index (χ2n) is 5.64. The SMILES string of the molecule is O=c1cnc(C(F)(F)F)cn1CC1CC2(CNC2)C1. The predicted octanol–water partition coefficient (Wildman–Crippen LogP) is 1.26. The van der Waals surface area contributed by atoms with Crippen LogP contribution in [0.15, 0.2) is 17.2 Å². The molecule has 4 nitrogen and oxygen atoms in total. The monoisotopic (exact) mass is 273 g/mol. The van der Waals surface area contributed by atoms with Gasteiger partial charge in [-0.15, -0.1) is 0 Å². The van der Waals surface area contributed by atoms with Crippen LogP contribution < -0.4 is 10.9 Å². The first kappa shape index (κ1) is 12.7. The maximum absolute atomic E-state index is 12.5. The van der Waals surface area contributed by atoms with Crippen molar-refractivity contribution in [2.24, 2.45) is 11.3 Å². The molecule has 0 unspecified atom stereocenters. The third-order valence-corrected chi connectivity index (χ3v) is 4.06. The van der Waals surface area contributed by atoms with E-state index in [0.29, 0.717) is 17.9 Å². The van der Waals surface area contributed by atoms with E-state index in [2.05, 4.69) is 10.3 Å². The van der Waals surface area contributed by atoms with Gasteiger partial charge in [0.25, 0.3) is 5.56 Å². The van der Waals surface area contributed by atoms with Crippen LogP contribution in [-0.4, -0.2) is 22.6 Å². The molecule has 1 aromatic heterocycles. The quantitative estimate of drug-likeness (QED) is 0.882. The third kappa shape index (κ3) is 2.27. The molecule has 1 N–H and O–H groups in total. The second kappa shape index (κ2) is 4.06. The maximum atomic E-state index is 12.5. The molecule has 19 heavy (non-hydrogen) atoms. The number of nitrogens with zero attached hydrogens (tertiary/aromatic N) is 2. The number of alkyl halides is 3. The smallest absolute Gasteiger partial charge is 0.316 e. The molecular weight excluding hydrogens is 259 g/mol. The first-order chi connectivity index (χ1) is 8.88. The summed E-state index contributed by atoms with van der Waals surface area (Å²) in [4.78, 5) is 14.7. The van der Waals surface area contributed by atoms with Gasteiger partial charge in [0.2, 0.25) is 0 Å². The minimum atomic E-state index is -4.51. The van der Waals surface area contributed by atoms with E-state index in [0.717, 1.165) is 42.9 Å². The number of rotatable bonds is 2. The molecule has 1 spiro atoms. The minimum absolute atomic E-state index is 0.295. The molecule has 1 aliphatic heterocycles. The summed E-state index contributed by atoms with van der Waals surface area (Å²) in [6.07, 6.45) is -0.963. The molecule has 3 rings (SSSR count). The Morgan fingerprint density at radius 2 is 2.11 bits per heavy atom. The van der Waals surface area contributed by atoms with Gasteiger partial charge in [-0.3, -0.25) is 4.79 Å². The zero-order valence-corrected chi connectivity index (χ0v) is 10.2. The Balaban J connectivity index is 1.72. The summed E-state index contributed by atoms with van der Waals surface area (Å²) in [5, 5.41) is 3.20. The maximum Gasteiger partial charge on any atom is 0.434 e. The van der Waals surface area contributed by atoms with Crippen molar-refractivity contribution in [1.29, 1.82) is 0 Å². The molecule has 2 aliphatic rings. The van der Waals surface area contributed by atoms with Gasteiger partial charge < -0.3 is 9.88 Å². The highest BCUT2D eigenvalue weighted by atomic mass is 19.4. The van der Waals surface area contributed by atoms with E-state index in [9.17, 15) is 18.0 Å². The Labute approximate surface area is 107 Å². The van der Waals surface area contributed by atoms with Crippen molar-refractivity contribution >= 4 is 0 Å². The average molecular weight is 273 g/mol. The van der Waals surface area contributed by atoms with Gasteiger partial charge in [0.15, 0.2) is 5.69 Å². The summed E-state index contributed by atoms with van der Waals surface area (Å²) >= 11 is 0. The van der Waals surface area contributed by atoms with Crippen LogP contribution in [0.4, 0.5) is 13.2 Å². The highest BCUT2D eigenvalue weighted by Gasteiger charge is 2.48. The van der Waals surface area contributed by atoms with Crippen molar-refractivity contribution in [3.05, 3.63) is 28.4 Å². The molecule has 0 amide bonds. The molecule has 0 bridgehead atoms. The van der Waals surface area contributed by atoms with Gasteiger partial charge in [0.1, 0.15) is 0 Å². The number of hydrogen-bond donors (Lipinski definition) is 1. The van der Waals surface area contributed by atoms with Gasteiger partial charge in [0, 0.05) is 25.8 Å². The van der Waals surface area contributed by atoms with Crippen molar-refractivity contribution in [2.45, 2.75) is 25.6 Å². The van der Waals surface area contributed by atoms with E-state index in [1.54, 1.807) is 0 Å². The second-order valence-corrected chi connectivity index (χ2v) is 5.64. The standard InChI is InChI=1S/C12H14F3N3O/c13-12(14,15)9-5-18(10(19)3-17-9)4-8-1-11(2-8)6-16-7-11/h3,5,8,16H,1-2,4,6-7H2. The third-order valence-electron chi connectivity index (χ3n) is 4.06. The largest absolute Gasteiger partial charge is 0.434 e. The van der Waals surface area contributed by atoms with E-state index in [4.69, 9.17) is 0 Å². The zero-order chi connectivity index (χ0) is 13.7. The van der Waals surface area contributed by atoms with E-state index >= 15 is 0 Å². The number of halogens is 3. The van der Waals surface area contributed by atoms with Gasteiger partial charge in [0.05, 0.1) is 6.20 Å². The van der Waals surface area contributed by atoms with Gasteiger partial charge >= 0.3 is 6.18 Å². The fourth-order valence-electron chi connectivity index (χ4n) is 3.07. The van der Waals surface area contributed by atoms with Crippen molar-refractivity contribution in [2.75, 3.05) is 13.1 Å². The Hall–Kier alpha value is -1.37. The van der Waals surface area contributed by atoms with Gasteiger partial charge in [-0.1, -0.05) is 0 Å². The van der Waals surface area contributed by atoms with Crippen LogP contribution in [0.25, 0.3) is 0 Å². The number of aromatic nitrogens is 2. The van der Waals surface area contributed by atoms with E-state index < -0.39 is 17.4 Å². The van der Waals surface area contributed by atoms with Crippen LogP contribution in [-0.2, 0) is 12.7 Å². The minimum Gasteiger partial charge on any atom is -0.316 e. The normalized spacial score (nSPS) is 22.1. The molecule has 1 saturated carbocycles. The molecule has 2 heterocycles. The zero-order valence-electron chi connectivity index (χ0n) is 10.2. The molecule has 0 atom stereocenters. The Morgan fingerprint density at radius 1 is 1.42 bits per heavy atom. The predicted molar refractivity (Wildman–Crippen MR) is 61.5 cm³/mol. The van der Waals surface area contributed by atoms with Crippen molar-refractivity contribution < 1.29 is 13.2 Å². The fourth-order valence-corrected chi connectivity index (χ4v) is 3.07. The molecule has 1 aliphatic carbocycles. The number of hydrogen-bond acceptors (Lipinski definition) is 3. The molecule has 104 valence electrons. The lowest BCUT2D eigenvalue weighted by Crippen LogP contribution is -2.60. The summed E-state index contributed by atoms with van der Waals surface area (Å²) in [6.45, 7) is 2.33. The lowest BCUT2D eigenvalue weighted by atomic mass is 9.58. The van der Waals surface area contributed by atoms with Gasteiger partial charge in [-0.25, -0.2) is 4.98 Å². The molecule has 0 aromatic carbocycles. The summed E-state index contributed by atoms with van der Waals surface area (Å²) < 4.78 is 38.7. The van der Waals surface area contributed by atoms with Crippen LogP contribution >= 0.6 is 0 Å². The molecule has 7 heteroatoms. The van der Waals surface area contributed by atoms with Crippen LogP contribution in [0.3, 0.4) is 0 Å². The van der Waals surface area contributed by atoms with Gasteiger partial charge in [-0.2, -0.15) is 13.2 Å². The highest BCUT2D eigenvalue weighted by Crippen LogP contribution is 2.48. The first-order valence-electron chi connectivity index (χ1n) is 6.22.